The highest BCUT2D eigenvalue weighted by molar-refractivity contribution is 6.08. The highest BCUT2D eigenvalue weighted by Crippen LogP contribution is 2.48. The molecule has 0 radical (unpaired) electrons. The van der Waals surface area contributed by atoms with Crippen LogP contribution in [0.15, 0.2) is 231 Å². The Balaban J connectivity index is 1.44. The summed E-state index contributed by atoms with van der Waals surface area (Å²) in [6, 6.07) is 82.3. The number of aromatic nitrogens is 4. The quantitative estimate of drug-likeness (QED) is 0.143. The molecule has 0 atom stereocenters. The standard InChI is InChI=1S/C62H44N4O2/c1-2-68-62(67)61-65-51-37-39-53(65)58(44-27-15-6-16-28-44)54-40-38-52(66(54)61)57(43-25-13-5-14-26-43)50-36-34-48-55(41-21-9-3-10-22-41)47-33-35-49(56(51)42-23-11-4-12-24-42)63(47)59(45-29-17-7-18-30-45)60(64(48)50)46-31-19-8-20-32-46/h3-40,61H,2H2,1H3. The normalized spacial score (nSPS) is 12.2. The number of ether oxygens (including phenoxy) is 1. The minimum absolute atomic E-state index is 0.230. The van der Waals surface area contributed by atoms with Gasteiger partial charge in [0, 0.05) is 33.4 Å². The number of hydrogen-bond acceptors (Lipinski definition) is 2. The SMILES string of the molecule is CCOC(=O)C1n2c3ccc2c(-c2ccccc2)c2ccc4c(-c5ccccc5)c5ccc(c(-c6ccccc6)c6ccc(c3-c3ccccc3)n61)n5c(-c1ccccc1)c(-c1ccccc1)n24. The molecule has 13 rings (SSSR count). The molecule has 1 aliphatic rings. The highest BCUT2D eigenvalue weighted by Gasteiger charge is 2.35. The zero-order chi connectivity index (χ0) is 45.3. The maximum Gasteiger partial charge on any atom is 0.350 e. The summed E-state index contributed by atoms with van der Waals surface area (Å²) in [5.41, 5.74) is 20.1. The Morgan fingerprint density at radius 1 is 0.338 bits per heavy atom. The molecule has 8 bridgehead atoms. The first kappa shape index (κ1) is 39.5. The van der Waals surface area contributed by atoms with E-state index in [4.69, 9.17) is 4.74 Å². The zero-order valence-corrected chi connectivity index (χ0v) is 37.3. The van der Waals surface area contributed by atoms with Crippen LogP contribution in [0.1, 0.15) is 13.1 Å². The van der Waals surface area contributed by atoms with Crippen molar-refractivity contribution in [3.63, 3.8) is 0 Å². The lowest BCUT2D eigenvalue weighted by Crippen LogP contribution is -2.30. The van der Waals surface area contributed by atoms with Crippen molar-refractivity contribution in [2.75, 3.05) is 6.61 Å². The van der Waals surface area contributed by atoms with E-state index >= 15 is 4.79 Å². The summed E-state index contributed by atoms with van der Waals surface area (Å²) in [7, 11) is 0. The summed E-state index contributed by atoms with van der Waals surface area (Å²) in [4.78, 5) is 15.3. The van der Waals surface area contributed by atoms with Crippen molar-refractivity contribution in [3.05, 3.63) is 231 Å². The Labute approximate surface area is 393 Å². The second-order valence-corrected chi connectivity index (χ2v) is 17.3. The van der Waals surface area contributed by atoms with Gasteiger partial charge in [-0.3, -0.25) is 0 Å². The lowest BCUT2D eigenvalue weighted by atomic mass is 10.0. The predicted octanol–water partition coefficient (Wildman–Crippen LogP) is 15.3. The van der Waals surface area contributed by atoms with Crippen LogP contribution in [0.25, 0.3) is 111 Å². The average Bonchev–Trinajstić information content (AvgIpc) is 4.21. The van der Waals surface area contributed by atoms with Crippen molar-refractivity contribution in [3.8, 4) is 67.0 Å². The molecule has 1 aliphatic heterocycles. The van der Waals surface area contributed by atoms with Crippen LogP contribution in [0.2, 0.25) is 0 Å². The molecule has 68 heavy (non-hydrogen) atoms. The molecule has 0 N–H and O–H groups in total. The molecule has 6 aromatic heterocycles. The van der Waals surface area contributed by atoms with E-state index in [2.05, 4.69) is 248 Å². The summed E-state index contributed by atoms with van der Waals surface area (Å²) in [6.45, 7) is 2.12. The molecule has 0 spiro atoms. The number of esters is 1. The van der Waals surface area contributed by atoms with Gasteiger partial charge in [-0.15, -0.1) is 0 Å². The summed E-state index contributed by atoms with van der Waals surface area (Å²) >= 11 is 0. The fraction of sp³-hybridized carbons (Fsp3) is 0.0484. The van der Waals surface area contributed by atoms with E-state index in [1.807, 2.05) is 6.92 Å². The van der Waals surface area contributed by atoms with Crippen molar-refractivity contribution in [1.82, 2.24) is 17.9 Å². The summed E-state index contributed by atoms with van der Waals surface area (Å²) in [5, 5.41) is 0. The van der Waals surface area contributed by atoms with Crippen LogP contribution in [0.4, 0.5) is 0 Å². The molecule has 0 fully saturated rings. The van der Waals surface area contributed by atoms with E-state index in [9.17, 15) is 0 Å². The molecule has 0 saturated carbocycles. The van der Waals surface area contributed by atoms with Gasteiger partial charge in [0.25, 0.3) is 0 Å². The number of rotatable bonds is 8. The van der Waals surface area contributed by atoms with Crippen molar-refractivity contribution >= 4 is 50.1 Å². The van der Waals surface area contributed by atoms with Crippen LogP contribution < -0.4 is 0 Å². The van der Waals surface area contributed by atoms with Gasteiger partial charge in [-0.25, -0.2) is 4.79 Å². The third-order valence-electron chi connectivity index (χ3n) is 13.6. The summed E-state index contributed by atoms with van der Waals surface area (Å²) < 4.78 is 15.7. The lowest BCUT2D eigenvalue weighted by molar-refractivity contribution is -0.147. The van der Waals surface area contributed by atoms with E-state index in [0.717, 1.165) is 111 Å². The molecular weight excluding hydrogens is 833 g/mol. The maximum atomic E-state index is 15.3. The number of benzene rings is 6. The van der Waals surface area contributed by atoms with Crippen LogP contribution in [-0.2, 0) is 9.53 Å². The van der Waals surface area contributed by atoms with Gasteiger partial charge in [0.1, 0.15) is 0 Å². The van der Waals surface area contributed by atoms with E-state index in [1.54, 1.807) is 0 Å². The van der Waals surface area contributed by atoms with Gasteiger partial charge in [-0.2, -0.15) is 0 Å². The molecule has 0 amide bonds. The van der Waals surface area contributed by atoms with Gasteiger partial charge in [-0.05, 0) is 77.7 Å². The average molecular weight is 877 g/mol. The van der Waals surface area contributed by atoms with Gasteiger partial charge in [0.15, 0.2) is 0 Å². The van der Waals surface area contributed by atoms with Crippen molar-refractivity contribution in [2.24, 2.45) is 0 Å². The van der Waals surface area contributed by atoms with E-state index in [1.165, 1.54) is 0 Å². The van der Waals surface area contributed by atoms with Gasteiger partial charge in [-0.1, -0.05) is 182 Å². The molecule has 12 aromatic rings. The highest BCUT2D eigenvalue weighted by atomic mass is 16.5. The third-order valence-corrected chi connectivity index (χ3v) is 13.6. The number of carbonyl (C=O) groups is 1. The second-order valence-electron chi connectivity index (χ2n) is 17.3. The first-order valence-electron chi connectivity index (χ1n) is 23.3. The maximum absolute atomic E-state index is 15.3. The van der Waals surface area contributed by atoms with Crippen molar-refractivity contribution in [2.45, 2.75) is 13.1 Å². The predicted molar refractivity (Wildman–Crippen MR) is 278 cm³/mol. The van der Waals surface area contributed by atoms with Crippen LogP contribution in [0.5, 0.6) is 0 Å². The van der Waals surface area contributed by atoms with Gasteiger partial charge < -0.3 is 22.7 Å². The molecule has 6 heteroatoms. The monoisotopic (exact) mass is 876 g/mol. The van der Waals surface area contributed by atoms with Crippen LogP contribution in [0.3, 0.4) is 0 Å². The van der Waals surface area contributed by atoms with Crippen LogP contribution in [0, 0.1) is 0 Å². The summed E-state index contributed by atoms with van der Waals surface area (Å²) in [5.74, 6) is -0.335. The van der Waals surface area contributed by atoms with Crippen molar-refractivity contribution < 1.29 is 9.53 Å². The Morgan fingerprint density at radius 2 is 0.574 bits per heavy atom. The van der Waals surface area contributed by atoms with E-state index in [-0.39, 0.29) is 12.6 Å². The first-order valence-corrected chi connectivity index (χ1v) is 23.3. The van der Waals surface area contributed by atoms with Crippen molar-refractivity contribution in [1.29, 1.82) is 0 Å². The van der Waals surface area contributed by atoms with E-state index in [0.29, 0.717) is 0 Å². The van der Waals surface area contributed by atoms with Crippen LogP contribution in [-0.4, -0.2) is 30.5 Å². The Morgan fingerprint density at radius 3 is 0.853 bits per heavy atom. The number of carbonyl (C=O) groups excluding carboxylic acids is 1. The molecule has 6 aromatic carbocycles. The Hall–Kier alpha value is -8.87. The fourth-order valence-electron chi connectivity index (χ4n) is 11.0. The molecule has 0 saturated heterocycles. The molecular formula is C62H44N4O2. The Kier molecular flexibility index (Phi) is 9.25. The summed E-state index contributed by atoms with van der Waals surface area (Å²) in [6.07, 6.45) is -0.907. The largest absolute Gasteiger partial charge is 0.463 e. The Bertz CT molecular complexity index is 3750. The number of fused-ring (bicyclic) bond motifs is 1. The molecule has 324 valence electrons. The van der Waals surface area contributed by atoms with Gasteiger partial charge in [0.2, 0.25) is 6.17 Å². The van der Waals surface area contributed by atoms with E-state index < -0.39 is 6.17 Å². The lowest BCUT2D eigenvalue weighted by Gasteiger charge is -2.29. The third kappa shape index (κ3) is 5.94. The molecule has 7 heterocycles. The van der Waals surface area contributed by atoms with Gasteiger partial charge in [0.05, 0.1) is 62.1 Å². The molecule has 6 nitrogen and oxygen atoms in total. The smallest absolute Gasteiger partial charge is 0.350 e. The fourth-order valence-corrected chi connectivity index (χ4v) is 11.0. The molecule has 0 aliphatic carbocycles. The van der Waals surface area contributed by atoms with Crippen LogP contribution >= 0.6 is 0 Å². The zero-order valence-electron chi connectivity index (χ0n) is 37.3. The molecule has 0 unspecified atom stereocenters. The second kappa shape index (κ2) is 15.9. The minimum Gasteiger partial charge on any atom is -0.463 e. The number of nitrogens with zero attached hydrogens (tertiary/aromatic N) is 4. The minimum atomic E-state index is -0.907. The topological polar surface area (TPSA) is 45.0 Å². The van der Waals surface area contributed by atoms with Gasteiger partial charge >= 0.3 is 5.97 Å². The number of hydrogen-bond donors (Lipinski definition) is 0. The first-order chi connectivity index (χ1) is 33.7.